The third-order valence-electron chi connectivity index (χ3n) is 4.05. The summed E-state index contributed by atoms with van der Waals surface area (Å²) in [6, 6.07) is 0. The molecule has 8 heteroatoms. The van der Waals surface area contributed by atoms with Gasteiger partial charge in [-0.3, -0.25) is 9.36 Å². The van der Waals surface area contributed by atoms with Gasteiger partial charge in [-0.1, -0.05) is 0 Å². The lowest BCUT2D eigenvalue weighted by Crippen LogP contribution is -2.21. The van der Waals surface area contributed by atoms with E-state index in [9.17, 15) is 4.79 Å². The summed E-state index contributed by atoms with van der Waals surface area (Å²) in [6.07, 6.45) is 2.31. The van der Waals surface area contributed by atoms with Crippen molar-refractivity contribution in [3.8, 4) is 5.88 Å². The molecular formula is C15H15N3O4S. The topological polar surface area (TPSA) is 90.4 Å². The molecule has 4 heterocycles. The van der Waals surface area contributed by atoms with Crippen molar-refractivity contribution >= 4 is 34.0 Å². The number of pyridine rings is 1. The van der Waals surface area contributed by atoms with Gasteiger partial charge >= 0.3 is 0 Å². The molecule has 0 atom stereocenters. The number of furan rings is 1. The Labute approximate surface area is 135 Å². The summed E-state index contributed by atoms with van der Waals surface area (Å²) in [6.45, 7) is 0.0519. The lowest BCUT2D eigenvalue weighted by atomic mass is 10.0. The van der Waals surface area contributed by atoms with E-state index in [4.69, 9.17) is 14.3 Å². The standard InChI is InChI=1S/C15H15N3O4S/c1-21-13-9-6-23-5-2-8(9)10-11-12(22-14(10)17-13)15(20)18(3-4-19)7-16-11/h7,19H,2-6H2,1H3. The van der Waals surface area contributed by atoms with Crippen LogP contribution in [0.4, 0.5) is 0 Å². The molecule has 0 fully saturated rings. The molecule has 0 amide bonds. The molecule has 0 radical (unpaired) electrons. The van der Waals surface area contributed by atoms with E-state index in [1.165, 1.54) is 10.9 Å². The van der Waals surface area contributed by atoms with Crippen molar-refractivity contribution in [3.63, 3.8) is 0 Å². The zero-order chi connectivity index (χ0) is 16.0. The van der Waals surface area contributed by atoms with Gasteiger partial charge in [-0.2, -0.15) is 16.7 Å². The quantitative estimate of drug-likeness (QED) is 0.773. The number of thioether (sulfide) groups is 1. The van der Waals surface area contributed by atoms with Gasteiger partial charge in [0.2, 0.25) is 17.2 Å². The number of hydrogen-bond donors (Lipinski definition) is 1. The molecule has 0 saturated heterocycles. The Kier molecular flexibility index (Phi) is 3.50. The highest BCUT2D eigenvalue weighted by atomic mass is 32.2. The first-order chi connectivity index (χ1) is 11.2. The first kappa shape index (κ1) is 14.5. The SMILES string of the molecule is COc1nc2oc3c(=O)n(CCO)cnc3c2c2c1CSCC2. The molecule has 7 nitrogen and oxygen atoms in total. The summed E-state index contributed by atoms with van der Waals surface area (Å²) < 4.78 is 12.4. The van der Waals surface area contributed by atoms with Crippen molar-refractivity contribution in [1.29, 1.82) is 0 Å². The molecule has 120 valence electrons. The van der Waals surface area contributed by atoms with Crippen molar-refractivity contribution in [2.75, 3.05) is 19.5 Å². The molecule has 0 unspecified atom stereocenters. The highest BCUT2D eigenvalue weighted by Gasteiger charge is 2.25. The lowest BCUT2D eigenvalue weighted by molar-refractivity contribution is 0.273. The van der Waals surface area contributed by atoms with Crippen molar-refractivity contribution in [2.24, 2.45) is 0 Å². The molecule has 0 spiro atoms. The van der Waals surface area contributed by atoms with E-state index in [1.54, 1.807) is 7.11 Å². The van der Waals surface area contributed by atoms with E-state index in [-0.39, 0.29) is 24.3 Å². The monoisotopic (exact) mass is 333 g/mol. The van der Waals surface area contributed by atoms with Gasteiger partial charge in [-0.15, -0.1) is 0 Å². The van der Waals surface area contributed by atoms with Gasteiger partial charge in [-0.25, -0.2) is 4.98 Å². The minimum absolute atomic E-state index is 0.133. The summed E-state index contributed by atoms with van der Waals surface area (Å²) in [5.74, 6) is 2.38. The Morgan fingerprint density at radius 1 is 1.48 bits per heavy atom. The molecule has 0 saturated carbocycles. The van der Waals surface area contributed by atoms with Crippen LogP contribution in [0.3, 0.4) is 0 Å². The predicted octanol–water partition coefficient (Wildman–Crippen LogP) is 1.33. The normalized spacial score (nSPS) is 14.3. The van der Waals surface area contributed by atoms with Crippen LogP contribution >= 0.6 is 11.8 Å². The number of ether oxygens (including phenoxy) is 1. The van der Waals surface area contributed by atoms with Crippen molar-refractivity contribution in [3.05, 3.63) is 27.8 Å². The number of hydrogen-bond acceptors (Lipinski definition) is 7. The van der Waals surface area contributed by atoms with Gasteiger partial charge in [0, 0.05) is 11.3 Å². The third-order valence-corrected chi connectivity index (χ3v) is 5.04. The zero-order valence-corrected chi connectivity index (χ0v) is 13.4. The molecule has 4 rings (SSSR count). The van der Waals surface area contributed by atoms with Gasteiger partial charge in [0.1, 0.15) is 5.52 Å². The maximum Gasteiger partial charge on any atom is 0.297 e. The summed E-state index contributed by atoms with van der Waals surface area (Å²) in [5, 5.41) is 9.84. The van der Waals surface area contributed by atoms with Gasteiger partial charge in [0.05, 0.1) is 32.0 Å². The smallest absolute Gasteiger partial charge is 0.297 e. The zero-order valence-electron chi connectivity index (χ0n) is 12.5. The van der Waals surface area contributed by atoms with Gasteiger partial charge in [0.25, 0.3) is 5.56 Å². The molecule has 0 aliphatic carbocycles. The Morgan fingerprint density at radius 2 is 2.35 bits per heavy atom. The summed E-state index contributed by atoms with van der Waals surface area (Å²) in [7, 11) is 1.59. The molecule has 3 aromatic heterocycles. The number of methoxy groups -OCH3 is 1. The van der Waals surface area contributed by atoms with Gasteiger partial charge < -0.3 is 14.3 Å². The van der Waals surface area contributed by atoms with Crippen LogP contribution in [-0.4, -0.2) is 39.1 Å². The molecule has 3 aromatic rings. The number of aromatic nitrogens is 3. The average Bonchev–Trinajstić information content (AvgIpc) is 2.96. The van der Waals surface area contributed by atoms with Crippen LogP contribution in [0.15, 0.2) is 15.5 Å². The molecule has 1 aliphatic rings. The number of rotatable bonds is 3. The van der Waals surface area contributed by atoms with E-state index in [0.717, 1.165) is 34.4 Å². The number of aryl methyl sites for hydroxylation is 1. The van der Waals surface area contributed by atoms with Crippen LogP contribution in [0.2, 0.25) is 0 Å². The molecule has 23 heavy (non-hydrogen) atoms. The Morgan fingerprint density at radius 3 is 3.13 bits per heavy atom. The molecular weight excluding hydrogens is 318 g/mol. The average molecular weight is 333 g/mol. The van der Waals surface area contributed by atoms with Gasteiger partial charge in [0.15, 0.2) is 0 Å². The molecule has 1 aliphatic heterocycles. The van der Waals surface area contributed by atoms with Crippen LogP contribution in [0, 0.1) is 0 Å². The molecule has 0 aromatic carbocycles. The van der Waals surface area contributed by atoms with E-state index in [1.807, 2.05) is 11.8 Å². The van der Waals surface area contributed by atoms with E-state index in [2.05, 4.69) is 9.97 Å². The summed E-state index contributed by atoms with van der Waals surface area (Å²) >= 11 is 1.83. The second-order valence-electron chi connectivity index (χ2n) is 5.31. The van der Waals surface area contributed by atoms with Crippen LogP contribution < -0.4 is 10.3 Å². The first-order valence-electron chi connectivity index (χ1n) is 7.30. The number of fused-ring (bicyclic) bond motifs is 5. The van der Waals surface area contributed by atoms with Crippen LogP contribution in [0.5, 0.6) is 5.88 Å². The fraction of sp³-hybridized carbons (Fsp3) is 0.400. The lowest BCUT2D eigenvalue weighted by Gasteiger charge is -2.17. The Balaban J connectivity index is 2.09. The van der Waals surface area contributed by atoms with E-state index >= 15 is 0 Å². The van der Waals surface area contributed by atoms with E-state index in [0.29, 0.717) is 17.1 Å². The maximum absolute atomic E-state index is 12.5. The van der Waals surface area contributed by atoms with E-state index < -0.39 is 0 Å². The number of aliphatic hydroxyl groups is 1. The number of aliphatic hydroxyl groups excluding tert-OH is 1. The highest BCUT2D eigenvalue weighted by molar-refractivity contribution is 7.98. The minimum atomic E-state index is -0.306. The van der Waals surface area contributed by atoms with Gasteiger partial charge in [-0.05, 0) is 17.7 Å². The third kappa shape index (κ3) is 2.13. The summed E-state index contributed by atoms with van der Waals surface area (Å²) in [4.78, 5) is 21.3. The predicted molar refractivity (Wildman–Crippen MR) is 87.1 cm³/mol. The fourth-order valence-electron chi connectivity index (χ4n) is 2.99. The fourth-order valence-corrected chi connectivity index (χ4v) is 3.98. The summed E-state index contributed by atoms with van der Waals surface area (Å²) in [5.41, 5.74) is 2.96. The maximum atomic E-state index is 12.5. The Hall–Kier alpha value is -2.06. The molecule has 1 N–H and O–H groups in total. The van der Waals surface area contributed by atoms with Crippen molar-refractivity contribution < 1.29 is 14.3 Å². The van der Waals surface area contributed by atoms with Crippen molar-refractivity contribution in [2.45, 2.75) is 18.7 Å². The van der Waals surface area contributed by atoms with Crippen LogP contribution in [0.25, 0.3) is 22.2 Å². The molecule has 0 bridgehead atoms. The second-order valence-corrected chi connectivity index (χ2v) is 6.41. The largest absolute Gasteiger partial charge is 0.481 e. The van der Waals surface area contributed by atoms with Crippen molar-refractivity contribution in [1.82, 2.24) is 14.5 Å². The number of nitrogens with zero attached hydrogens (tertiary/aromatic N) is 3. The second kappa shape index (κ2) is 5.54. The first-order valence-corrected chi connectivity index (χ1v) is 8.46. The van der Waals surface area contributed by atoms with Crippen LogP contribution in [-0.2, 0) is 18.7 Å². The van der Waals surface area contributed by atoms with Crippen LogP contribution in [0.1, 0.15) is 11.1 Å². The highest BCUT2D eigenvalue weighted by Crippen LogP contribution is 2.38. The Bertz CT molecular complexity index is 963. The minimum Gasteiger partial charge on any atom is -0.481 e.